The molecule has 0 saturated heterocycles. The molecule has 0 spiro atoms. The van der Waals surface area contributed by atoms with Crippen LogP contribution in [0.15, 0.2) is 36.5 Å². The summed E-state index contributed by atoms with van der Waals surface area (Å²) in [4.78, 5) is 4.28. The minimum Gasteiger partial charge on any atom is -0.439 e. The van der Waals surface area contributed by atoms with Gasteiger partial charge >= 0.3 is 0 Å². The summed E-state index contributed by atoms with van der Waals surface area (Å²) in [6, 6.07) is 8.25. The fraction of sp³-hybridized carbons (Fsp3) is 0.353. The molecule has 0 aliphatic carbocycles. The highest BCUT2D eigenvalue weighted by Gasteiger charge is 2.04. The first kappa shape index (κ1) is 15.4. The molecular formula is C17H21FN2O. The van der Waals surface area contributed by atoms with E-state index in [0.717, 1.165) is 24.2 Å². The van der Waals surface area contributed by atoms with Crippen LogP contribution in [-0.2, 0) is 6.54 Å². The predicted octanol–water partition coefficient (Wildman–Crippen LogP) is 4.07. The first-order valence-electron chi connectivity index (χ1n) is 7.14. The Bertz CT molecular complexity index is 582. The molecule has 1 aromatic carbocycles. The number of rotatable bonds is 6. The van der Waals surface area contributed by atoms with Gasteiger partial charge in [0, 0.05) is 18.8 Å². The first-order valence-corrected chi connectivity index (χ1v) is 7.14. The van der Waals surface area contributed by atoms with E-state index in [0.29, 0.717) is 17.5 Å². The molecule has 0 fully saturated rings. The van der Waals surface area contributed by atoms with Gasteiger partial charge in [0.2, 0.25) is 5.88 Å². The summed E-state index contributed by atoms with van der Waals surface area (Å²) >= 11 is 0. The van der Waals surface area contributed by atoms with Crippen molar-refractivity contribution in [2.75, 3.05) is 6.54 Å². The third-order valence-corrected chi connectivity index (χ3v) is 3.03. The van der Waals surface area contributed by atoms with Crippen LogP contribution in [0.3, 0.4) is 0 Å². The summed E-state index contributed by atoms with van der Waals surface area (Å²) in [5, 5.41) is 3.36. The van der Waals surface area contributed by atoms with Gasteiger partial charge in [-0.2, -0.15) is 0 Å². The smallest absolute Gasteiger partial charge is 0.219 e. The van der Waals surface area contributed by atoms with Crippen molar-refractivity contribution >= 4 is 0 Å². The SMILES string of the molecule is Cc1cc(F)ccc1Oc1ccc(CNCC(C)C)cn1. The molecule has 4 heteroatoms. The van der Waals surface area contributed by atoms with Gasteiger partial charge in [-0.3, -0.25) is 0 Å². The van der Waals surface area contributed by atoms with Crippen molar-refractivity contribution < 1.29 is 9.13 Å². The zero-order valence-electron chi connectivity index (χ0n) is 12.7. The molecule has 0 aliphatic rings. The molecule has 2 rings (SSSR count). The van der Waals surface area contributed by atoms with E-state index in [1.165, 1.54) is 12.1 Å². The lowest BCUT2D eigenvalue weighted by Crippen LogP contribution is -2.18. The largest absolute Gasteiger partial charge is 0.439 e. The van der Waals surface area contributed by atoms with E-state index in [1.54, 1.807) is 12.3 Å². The molecule has 0 bridgehead atoms. The lowest BCUT2D eigenvalue weighted by atomic mass is 10.2. The normalized spacial score (nSPS) is 10.9. The summed E-state index contributed by atoms with van der Waals surface area (Å²) in [6.07, 6.45) is 1.79. The number of nitrogens with zero attached hydrogens (tertiary/aromatic N) is 1. The number of hydrogen-bond donors (Lipinski definition) is 1. The molecule has 1 aromatic heterocycles. The highest BCUT2D eigenvalue weighted by Crippen LogP contribution is 2.24. The van der Waals surface area contributed by atoms with Crippen molar-refractivity contribution in [1.82, 2.24) is 10.3 Å². The molecule has 0 atom stereocenters. The van der Waals surface area contributed by atoms with Gasteiger partial charge in [-0.05, 0) is 48.7 Å². The average molecular weight is 288 g/mol. The Morgan fingerprint density at radius 1 is 1.24 bits per heavy atom. The van der Waals surface area contributed by atoms with Crippen molar-refractivity contribution in [1.29, 1.82) is 0 Å². The lowest BCUT2D eigenvalue weighted by Gasteiger charge is -2.09. The van der Waals surface area contributed by atoms with Crippen LogP contribution in [0.5, 0.6) is 11.6 Å². The average Bonchev–Trinajstić information content (AvgIpc) is 2.43. The van der Waals surface area contributed by atoms with Gasteiger partial charge in [0.1, 0.15) is 11.6 Å². The van der Waals surface area contributed by atoms with Gasteiger partial charge in [-0.15, -0.1) is 0 Å². The number of benzene rings is 1. The summed E-state index contributed by atoms with van der Waals surface area (Å²) in [5.41, 5.74) is 1.86. The Morgan fingerprint density at radius 3 is 2.67 bits per heavy atom. The van der Waals surface area contributed by atoms with Gasteiger partial charge in [0.15, 0.2) is 0 Å². The highest BCUT2D eigenvalue weighted by molar-refractivity contribution is 5.35. The topological polar surface area (TPSA) is 34.1 Å². The predicted molar refractivity (Wildman–Crippen MR) is 82.0 cm³/mol. The van der Waals surface area contributed by atoms with Gasteiger partial charge < -0.3 is 10.1 Å². The minimum atomic E-state index is -0.264. The molecule has 2 aromatic rings. The van der Waals surface area contributed by atoms with Crippen LogP contribution in [0, 0.1) is 18.7 Å². The molecule has 0 aliphatic heterocycles. The van der Waals surface area contributed by atoms with Crippen molar-refractivity contribution in [3.8, 4) is 11.6 Å². The van der Waals surface area contributed by atoms with E-state index < -0.39 is 0 Å². The van der Waals surface area contributed by atoms with Crippen molar-refractivity contribution in [3.63, 3.8) is 0 Å². The monoisotopic (exact) mass is 288 g/mol. The molecule has 21 heavy (non-hydrogen) atoms. The summed E-state index contributed by atoms with van der Waals surface area (Å²) in [5.74, 6) is 1.49. The third-order valence-electron chi connectivity index (χ3n) is 3.03. The number of aryl methyl sites for hydroxylation is 1. The van der Waals surface area contributed by atoms with Crippen molar-refractivity contribution in [2.45, 2.75) is 27.3 Å². The fourth-order valence-electron chi connectivity index (χ4n) is 1.92. The maximum atomic E-state index is 13.0. The molecule has 112 valence electrons. The molecular weight excluding hydrogens is 267 g/mol. The zero-order chi connectivity index (χ0) is 15.2. The van der Waals surface area contributed by atoms with Crippen LogP contribution in [0.4, 0.5) is 4.39 Å². The van der Waals surface area contributed by atoms with Gasteiger partial charge in [0.25, 0.3) is 0 Å². The second kappa shape index (κ2) is 7.18. The summed E-state index contributed by atoms with van der Waals surface area (Å²) < 4.78 is 18.7. The van der Waals surface area contributed by atoms with E-state index in [-0.39, 0.29) is 5.82 Å². The van der Waals surface area contributed by atoms with Crippen LogP contribution < -0.4 is 10.1 Å². The Balaban J connectivity index is 1.95. The maximum Gasteiger partial charge on any atom is 0.219 e. The Labute approximate surface area is 125 Å². The quantitative estimate of drug-likeness (QED) is 0.870. The second-order valence-corrected chi connectivity index (χ2v) is 5.54. The Kier molecular flexibility index (Phi) is 5.28. The zero-order valence-corrected chi connectivity index (χ0v) is 12.7. The maximum absolute atomic E-state index is 13.0. The van der Waals surface area contributed by atoms with E-state index in [4.69, 9.17) is 4.74 Å². The third kappa shape index (κ3) is 4.83. The number of pyridine rings is 1. The summed E-state index contributed by atoms with van der Waals surface area (Å²) in [6.45, 7) is 7.93. The second-order valence-electron chi connectivity index (χ2n) is 5.54. The molecule has 3 nitrogen and oxygen atoms in total. The van der Waals surface area contributed by atoms with Gasteiger partial charge in [-0.25, -0.2) is 9.37 Å². The standard InChI is InChI=1S/C17H21FN2O/c1-12(2)9-19-10-14-4-7-17(20-11-14)21-16-6-5-15(18)8-13(16)3/h4-8,11-12,19H,9-10H2,1-3H3. The Hall–Kier alpha value is -1.94. The van der Waals surface area contributed by atoms with E-state index in [9.17, 15) is 4.39 Å². The van der Waals surface area contributed by atoms with Crippen LogP contribution in [-0.4, -0.2) is 11.5 Å². The van der Waals surface area contributed by atoms with Crippen LogP contribution in [0.1, 0.15) is 25.0 Å². The van der Waals surface area contributed by atoms with Crippen LogP contribution in [0.25, 0.3) is 0 Å². The van der Waals surface area contributed by atoms with Crippen molar-refractivity contribution in [2.24, 2.45) is 5.92 Å². The first-order chi connectivity index (χ1) is 10.0. The van der Waals surface area contributed by atoms with E-state index in [1.807, 2.05) is 19.1 Å². The molecule has 0 radical (unpaired) electrons. The highest BCUT2D eigenvalue weighted by atomic mass is 19.1. The number of nitrogens with one attached hydrogen (secondary N) is 1. The molecule has 0 amide bonds. The number of ether oxygens (including phenoxy) is 1. The van der Waals surface area contributed by atoms with Crippen LogP contribution >= 0.6 is 0 Å². The number of hydrogen-bond acceptors (Lipinski definition) is 3. The van der Waals surface area contributed by atoms with E-state index in [2.05, 4.69) is 24.1 Å². The summed E-state index contributed by atoms with van der Waals surface area (Å²) in [7, 11) is 0. The van der Waals surface area contributed by atoms with Crippen LogP contribution in [0.2, 0.25) is 0 Å². The number of halogens is 1. The van der Waals surface area contributed by atoms with Gasteiger partial charge in [-0.1, -0.05) is 19.9 Å². The van der Waals surface area contributed by atoms with Crippen molar-refractivity contribution in [3.05, 3.63) is 53.5 Å². The van der Waals surface area contributed by atoms with E-state index >= 15 is 0 Å². The molecule has 1 heterocycles. The lowest BCUT2D eigenvalue weighted by molar-refractivity contribution is 0.456. The number of aromatic nitrogens is 1. The minimum absolute atomic E-state index is 0.264. The molecule has 1 N–H and O–H groups in total. The molecule has 0 saturated carbocycles. The fourth-order valence-corrected chi connectivity index (χ4v) is 1.92. The Morgan fingerprint density at radius 2 is 2.05 bits per heavy atom. The van der Waals surface area contributed by atoms with Gasteiger partial charge in [0.05, 0.1) is 0 Å². The molecule has 0 unspecified atom stereocenters.